The standard InChI is InChI=1S/C12H18N2O4/c15-9-1-2-11(16)10(7-9)13-8-12(17)14-3-5-18-6-4-14/h2,7,9,13,15-16H,1,3-6,8H2. The number of rotatable bonds is 3. The zero-order chi connectivity index (χ0) is 13.0. The van der Waals surface area contributed by atoms with Crippen LogP contribution >= 0.6 is 0 Å². The number of carbonyl (C=O) groups excluding carboxylic acids is 1. The molecule has 1 atom stereocenters. The van der Waals surface area contributed by atoms with Crippen LogP contribution in [0.3, 0.4) is 0 Å². The minimum atomic E-state index is -0.609. The van der Waals surface area contributed by atoms with Gasteiger partial charge in [0.2, 0.25) is 5.91 Å². The molecule has 2 rings (SSSR count). The molecule has 1 saturated heterocycles. The second-order valence-corrected chi connectivity index (χ2v) is 4.32. The van der Waals surface area contributed by atoms with E-state index in [9.17, 15) is 15.0 Å². The summed E-state index contributed by atoms with van der Waals surface area (Å²) in [4.78, 5) is 13.6. The van der Waals surface area contributed by atoms with Gasteiger partial charge in [-0.25, -0.2) is 0 Å². The van der Waals surface area contributed by atoms with Gasteiger partial charge in [0.05, 0.1) is 31.6 Å². The van der Waals surface area contributed by atoms with E-state index in [1.807, 2.05) is 0 Å². The lowest BCUT2D eigenvalue weighted by atomic mass is 10.1. The van der Waals surface area contributed by atoms with E-state index >= 15 is 0 Å². The molecule has 0 radical (unpaired) electrons. The molecule has 0 aromatic rings. The van der Waals surface area contributed by atoms with Crippen molar-refractivity contribution in [2.45, 2.75) is 12.5 Å². The number of morpholine rings is 1. The van der Waals surface area contributed by atoms with Gasteiger partial charge in [-0.1, -0.05) is 0 Å². The third-order valence-corrected chi connectivity index (χ3v) is 2.98. The fourth-order valence-electron chi connectivity index (χ4n) is 1.93. The van der Waals surface area contributed by atoms with Crippen molar-refractivity contribution in [1.82, 2.24) is 10.2 Å². The van der Waals surface area contributed by atoms with Crippen LogP contribution in [-0.4, -0.2) is 60.0 Å². The highest BCUT2D eigenvalue weighted by Crippen LogP contribution is 2.14. The second-order valence-electron chi connectivity index (χ2n) is 4.32. The fourth-order valence-corrected chi connectivity index (χ4v) is 1.93. The van der Waals surface area contributed by atoms with Gasteiger partial charge in [-0.05, 0) is 18.6 Å². The molecule has 1 unspecified atom stereocenters. The van der Waals surface area contributed by atoms with Gasteiger partial charge in [-0.2, -0.15) is 0 Å². The van der Waals surface area contributed by atoms with Crippen LogP contribution in [0.1, 0.15) is 6.42 Å². The lowest BCUT2D eigenvalue weighted by Gasteiger charge is -2.27. The van der Waals surface area contributed by atoms with E-state index in [1.54, 1.807) is 4.90 Å². The Balaban J connectivity index is 1.83. The van der Waals surface area contributed by atoms with Crippen molar-refractivity contribution in [3.05, 3.63) is 23.6 Å². The summed E-state index contributed by atoms with van der Waals surface area (Å²) in [6.45, 7) is 2.45. The van der Waals surface area contributed by atoms with Crippen LogP contribution in [0.2, 0.25) is 0 Å². The van der Waals surface area contributed by atoms with Gasteiger partial charge in [0, 0.05) is 13.1 Å². The fraction of sp³-hybridized carbons (Fsp3) is 0.583. The first-order chi connectivity index (χ1) is 8.66. The van der Waals surface area contributed by atoms with E-state index in [2.05, 4.69) is 5.32 Å². The highest BCUT2D eigenvalue weighted by atomic mass is 16.5. The predicted molar refractivity (Wildman–Crippen MR) is 64.8 cm³/mol. The van der Waals surface area contributed by atoms with Crippen LogP contribution in [0.5, 0.6) is 0 Å². The van der Waals surface area contributed by atoms with Crippen molar-refractivity contribution in [1.29, 1.82) is 0 Å². The highest BCUT2D eigenvalue weighted by Gasteiger charge is 2.18. The molecule has 0 spiro atoms. The summed E-state index contributed by atoms with van der Waals surface area (Å²) in [7, 11) is 0. The van der Waals surface area contributed by atoms with Crippen molar-refractivity contribution >= 4 is 5.91 Å². The average Bonchev–Trinajstić information content (AvgIpc) is 2.40. The summed E-state index contributed by atoms with van der Waals surface area (Å²) in [5.74, 6) is 0.0436. The molecule has 1 aliphatic heterocycles. The van der Waals surface area contributed by atoms with Crippen LogP contribution in [0, 0.1) is 0 Å². The van der Waals surface area contributed by atoms with Crippen LogP contribution in [0.15, 0.2) is 23.6 Å². The van der Waals surface area contributed by atoms with Crippen LogP contribution < -0.4 is 5.32 Å². The molecular weight excluding hydrogens is 236 g/mol. The SMILES string of the molecule is O=C(CNC1=CC(O)CC=C1O)N1CCOCC1. The molecule has 100 valence electrons. The minimum absolute atomic E-state index is 0.0351. The molecule has 1 amide bonds. The van der Waals surface area contributed by atoms with Gasteiger partial charge in [-0.15, -0.1) is 0 Å². The summed E-state index contributed by atoms with van der Waals surface area (Å²) in [5.41, 5.74) is 0.412. The molecule has 2 aliphatic rings. The second kappa shape index (κ2) is 5.88. The number of carbonyl (C=O) groups is 1. The quantitative estimate of drug-likeness (QED) is 0.634. The van der Waals surface area contributed by atoms with Gasteiger partial charge in [0.25, 0.3) is 0 Å². The molecule has 1 aliphatic carbocycles. The van der Waals surface area contributed by atoms with Crippen molar-refractivity contribution < 1.29 is 19.7 Å². The Labute approximate surface area is 106 Å². The molecule has 1 heterocycles. The molecule has 18 heavy (non-hydrogen) atoms. The summed E-state index contributed by atoms with van der Waals surface area (Å²) >= 11 is 0. The number of nitrogens with zero attached hydrogens (tertiary/aromatic N) is 1. The monoisotopic (exact) mass is 254 g/mol. The maximum Gasteiger partial charge on any atom is 0.242 e. The first-order valence-corrected chi connectivity index (χ1v) is 6.05. The predicted octanol–water partition coefficient (Wildman–Crippen LogP) is -0.475. The largest absolute Gasteiger partial charge is 0.506 e. The Morgan fingerprint density at radius 3 is 2.94 bits per heavy atom. The van der Waals surface area contributed by atoms with Crippen molar-refractivity contribution in [3.63, 3.8) is 0 Å². The lowest BCUT2D eigenvalue weighted by Crippen LogP contribution is -2.44. The van der Waals surface area contributed by atoms with E-state index in [-0.39, 0.29) is 18.2 Å². The first kappa shape index (κ1) is 12.9. The van der Waals surface area contributed by atoms with Crippen molar-refractivity contribution in [3.8, 4) is 0 Å². The molecule has 6 nitrogen and oxygen atoms in total. The third kappa shape index (κ3) is 3.24. The molecule has 0 bridgehead atoms. The number of aliphatic hydroxyl groups is 2. The Bertz CT molecular complexity index is 372. The molecular formula is C12H18N2O4. The highest BCUT2D eigenvalue weighted by molar-refractivity contribution is 5.78. The van der Waals surface area contributed by atoms with E-state index in [0.717, 1.165) is 0 Å². The number of hydrogen-bond donors (Lipinski definition) is 3. The Kier molecular flexibility index (Phi) is 4.22. The summed E-state index contributed by atoms with van der Waals surface area (Å²) < 4.78 is 5.17. The number of amides is 1. The van der Waals surface area contributed by atoms with Gasteiger partial charge in [0.1, 0.15) is 5.76 Å². The van der Waals surface area contributed by atoms with Gasteiger partial charge < -0.3 is 25.2 Å². The topological polar surface area (TPSA) is 82.0 Å². The van der Waals surface area contributed by atoms with E-state index in [4.69, 9.17) is 4.74 Å². The Morgan fingerprint density at radius 2 is 2.22 bits per heavy atom. The zero-order valence-electron chi connectivity index (χ0n) is 10.1. The molecule has 1 fully saturated rings. The number of aliphatic hydroxyl groups excluding tert-OH is 2. The lowest BCUT2D eigenvalue weighted by molar-refractivity contribution is -0.134. The smallest absolute Gasteiger partial charge is 0.242 e. The molecule has 6 heteroatoms. The summed E-state index contributed by atoms with van der Waals surface area (Å²) in [6.07, 6.45) is 2.84. The number of ether oxygens (including phenoxy) is 1. The molecule has 0 aromatic heterocycles. The van der Waals surface area contributed by atoms with E-state index < -0.39 is 6.10 Å². The molecule has 3 N–H and O–H groups in total. The molecule has 0 saturated carbocycles. The van der Waals surface area contributed by atoms with Gasteiger partial charge in [-0.3, -0.25) is 4.79 Å². The number of hydrogen-bond acceptors (Lipinski definition) is 5. The summed E-state index contributed by atoms with van der Waals surface area (Å²) in [6, 6.07) is 0. The average molecular weight is 254 g/mol. The Morgan fingerprint density at radius 1 is 1.50 bits per heavy atom. The minimum Gasteiger partial charge on any atom is -0.506 e. The van der Waals surface area contributed by atoms with Crippen LogP contribution in [-0.2, 0) is 9.53 Å². The van der Waals surface area contributed by atoms with Crippen LogP contribution in [0.4, 0.5) is 0 Å². The van der Waals surface area contributed by atoms with E-state index in [0.29, 0.717) is 38.4 Å². The van der Waals surface area contributed by atoms with Gasteiger partial charge >= 0.3 is 0 Å². The van der Waals surface area contributed by atoms with E-state index in [1.165, 1.54) is 12.2 Å². The normalized spacial score (nSPS) is 24.3. The zero-order valence-corrected chi connectivity index (χ0v) is 10.1. The molecule has 0 aromatic carbocycles. The van der Waals surface area contributed by atoms with Crippen molar-refractivity contribution in [2.75, 3.05) is 32.8 Å². The van der Waals surface area contributed by atoms with Crippen LogP contribution in [0.25, 0.3) is 0 Å². The maximum absolute atomic E-state index is 11.8. The number of nitrogens with one attached hydrogen (secondary N) is 1. The van der Waals surface area contributed by atoms with Crippen molar-refractivity contribution in [2.24, 2.45) is 0 Å². The Hall–Kier alpha value is -1.53. The first-order valence-electron chi connectivity index (χ1n) is 6.05. The maximum atomic E-state index is 11.8. The summed E-state index contributed by atoms with van der Waals surface area (Å²) in [5, 5.41) is 21.9. The van der Waals surface area contributed by atoms with Gasteiger partial charge in [0.15, 0.2) is 0 Å². The third-order valence-electron chi connectivity index (χ3n) is 2.98.